The van der Waals surface area contributed by atoms with E-state index in [1.807, 2.05) is 60.7 Å². The van der Waals surface area contributed by atoms with Gasteiger partial charge in [-0.05, 0) is 48.4 Å². The molecule has 5 nitrogen and oxygen atoms in total. The van der Waals surface area contributed by atoms with Gasteiger partial charge in [-0.1, -0.05) is 80.3 Å². The van der Waals surface area contributed by atoms with Gasteiger partial charge >= 0.3 is 0 Å². The minimum atomic E-state index is -2.09. The third-order valence-electron chi connectivity index (χ3n) is 7.61. The summed E-state index contributed by atoms with van der Waals surface area (Å²) in [4.78, 5) is 14.1. The zero-order valence-electron chi connectivity index (χ0n) is 28.6. The standard InChI is InChI=1S/C28H22N3O.C12H10N.Ir/c1-28(2,3)24-17-16-22-26(29-24)30-27(31(22)18-10-5-4-6-11-18)21-14-9-13-20-19-12-7-8-15-23(19)32-25(20)21;1-10-7-8-12(13-9-10)11-5-3-2-4-6-11;/h4-13,15-17H,1-3H3;2-5,7-9H,1H3;/q2*-1;/i;1D3;. The van der Waals surface area contributed by atoms with E-state index in [9.17, 15) is 0 Å². The van der Waals surface area contributed by atoms with Gasteiger partial charge in [-0.25, -0.2) is 4.98 Å². The maximum absolute atomic E-state index is 7.23. The zero-order valence-corrected chi connectivity index (χ0v) is 28.0. The number of fused-ring (bicyclic) bond motifs is 4. The van der Waals surface area contributed by atoms with Crippen LogP contribution < -0.4 is 0 Å². The summed E-state index contributed by atoms with van der Waals surface area (Å²) in [7, 11) is 0. The van der Waals surface area contributed by atoms with Crippen LogP contribution in [0.2, 0.25) is 0 Å². The minimum Gasteiger partial charge on any atom is -0.501 e. The molecule has 0 bridgehead atoms. The molecule has 0 saturated heterocycles. The monoisotopic (exact) mass is 780 g/mol. The number of aryl methyl sites for hydroxylation is 1. The van der Waals surface area contributed by atoms with E-state index in [4.69, 9.17) is 18.5 Å². The molecule has 4 aromatic heterocycles. The second kappa shape index (κ2) is 12.8. The van der Waals surface area contributed by atoms with E-state index < -0.39 is 6.85 Å². The Morgan fingerprint density at radius 2 is 1.57 bits per heavy atom. The van der Waals surface area contributed by atoms with Crippen LogP contribution in [-0.4, -0.2) is 19.5 Å². The third kappa shape index (κ3) is 6.02. The van der Waals surface area contributed by atoms with Gasteiger partial charge in [-0.3, -0.25) is 4.98 Å². The van der Waals surface area contributed by atoms with Crippen molar-refractivity contribution in [2.45, 2.75) is 33.0 Å². The molecule has 0 aliphatic heterocycles. The summed E-state index contributed by atoms with van der Waals surface area (Å²) >= 11 is 0. The van der Waals surface area contributed by atoms with Gasteiger partial charge in [0.05, 0.1) is 16.9 Å². The molecule has 0 amide bonds. The second-order valence-electron chi connectivity index (χ2n) is 11.8. The molecule has 0 N–H and O–H groups in total. The van der Waals surface area contributed by atoms with Crippen molar-refractivity contribution in [2.24, 2.45) is 0 Å². The molecule has 8 rings (SSSR count). The van der Waals surface area contributed by atoms with Crippen LogP contribution in [0.4, 0.5) is 0 Å². The Morgan fingerprint density at radius 1 is 0.761 bits per heavy atom. The van der Waals surface area contributed by atoms with Crippen LogP contribution in [0.25, 0.3) is 61.4 Å². The van der Waals surface area contributed by atoms with E-state index in [-0.39, 0.29) is 31.1 Å². The Balaban J connectivity index is 0.000000208. The Labute approximate surface area is 286 Å². The number of pyridine rings is 2. The first-order chi connectivity index (χ1) is 23.1. The summed E-state index contributed by atoms with van der Waals surface area (Å²) in [6.07, 6.45) is 1.39. The number of hydrogen-bond donors (Lipinski definition) is 0. The van der Waals surface area contributed by atoms with Crippen molar-refractivity contribution in [2.75, 3.05) is 0 Å². The van der Waals surface area contributed by atoms with Crippen LogP contribution in [0.5, 0.6) is 0 Å². The van der Waals surface area contributed by atoms with Crippen molar-refractivity contribution in [3.05, 3.63) is 145 Å². The van der Waals surface area contributed by atoms with Crippen LogP contribution >= 0.6 is 0 Å². The molecule has 0 aliphatic carbocycles. The fourth-order valence-corrected chi connectivity index (χ4v) is 5.35. The summed E-state index contributed by atoms with van der Waals surface area (Å²) in [5, 5.41) is 2.15. The molecule has 8 aromatic rings. The first kappa shape index (κ1) is 27.4. The number of hydrogen-bond acceptors (Lipinski definition) is 4. The zero-order chi connectivity index (χ0) is 33.5. The molecule has 0 spiro atoms. The fourth-order valence-electron chi connectivity index (χ4n) is 5.35. The molecule has 46 heavy (non-hydrogen) atoms. The maximum atomic E-state index is 7.23. The first-order valence-corrected chi connectivity index (χ1v) is 14.8. The number of imidazole rings is 1. The summed E-state index contributed by atoms with van der Waals surface area (Å²) in [5.41, 5.74) is 7.99. The van der Waals surface area contributed by atoms with E-state index in [0.29, 0.717) is 0 Å². The molecule has 0 fully saturated rings. The topological polar surface area (TPSA) is 56.7 Å². The van der Waals surface area contributed by atoms with Gasteiger partial charge in [0.15, 0.2) is 5.65 Å². The minimum absolute atomic E-state index is 0. The van der Waals surface area contributed by atoms with E-state index in [2.05, 4.69) is 78.9 Å². The van der Waals surface area contributed by atoms with Gasteiger partial charge < -0.3 is 14.0 Å². The van der Waals surface area contributed by atoms with Crippen LogP contribution in [0.15, 0.2) is 126 Å². The SMILES string of the molecule is CC(C)(C)c1ccc2c(n1)nc(-c1[c-]ccc3c1oc1ccccc13)n2-c1ccccc1.[2H]C([2H])([2H])c1ccc(-c2[c-]cccc2)nc1.[Ir]. The van der Waals surface area contributed by atoms with E-state index in [1.165, 1.54) is 6.20 Å². The average molecular weight is 780 g/mol. The maximum Gasteiger partial charge on any atom is 0.168 e. The molecule has 4 heterocycles. The van der Waals surface area contributed by atoms with Gasteiger partial charge in [0.1, 0.15) is 5.58 Å². The molecule has 229 valence electrons. The largest absolute Gasteiger partial charge is 0.501 e. The number of nitrogens with zero attached hydrogens (tertiary/aromatic N) is 4. The Bertz CT molecular complexity index is 2360. The Morgan fingerprint density at radius 3 is 2.30 bits per heavy atom. The molecular weight excluding hydrogens is 745 g/mol. The fraction of sp³-hybridized carbons (Fsp3) is 0.125. The molecule has 0 unspecified atom stereocenters. The predicted octanol–water partition coefficient (Wildman–Crippen LogP) is 9.94. The van der Waals surface area contributed by atoms with Gasteiger partial charge in [-0.2, -0.15) is 0 Å². The summed E-state index contributed by atoms with van der Waals surface area (Å²) < 4.78 is 30.1. The quantitative estimate of drug-likeness (QED) is 0.168. The van der Waals surface area contributed by atoms with E-state index in [0.717, 1.165) is 67.1 Å². The van der Waals surface area contributed by atoms with Crippen LogP contribution in [-0.2, 0) is 25.5 Å². The average Bonchev–Trinajstić information content (AvgIpc) is 3.67. The summed E-state index contributed by atoms with van der Waals surface area (Å²) in [5.74, 6) is 0.773. The van der Waals surface area contributed by atoms with Crippen molar-refractivity contribution >= 4 is 33.1 Å². The van der Waals surface area contributed by atoms with Crippen molar-refractivity contribution in [3.63, 3.8) is 0 Å². The number of aromatic nitrogens is 4. The number of rotatable bonds is 3. The molecular formula is C40H32IrN4O-2. The van der Waals surface area contributed by atoms with Crippen molar-refractivity contribution in [1.29, 1.82) is 0 Å². The second-order valence-corrected chi connectivity index (χ2v) is 11.8. The van der Waals surface area contributed by atoms with Crippen molar-refractivity contribution in [1.82, 2.24) is 19.5 Å². The summed E-state index contributed by atoms with van der Waals surface area (Å²) in [6, 6.07) is 43.8. The molecule has 0 aliphatic rings. The third-order valence-corrected chi connectivity index (χ3v) is 7.61. The summed E-state index contributed by atoms with van der Waals surface area (Å²) in [6.45, 7) is 4.41. The molecule has 0 saturated carbocycles. The van der Waals surface area contributed by atoms with E-state index >= 15 is 0 Å². The van der Waals surface area contributed by atoms with Crippen LogP contribution in [0.3, 0.4) is 0 Å². The number of furan rings is 1. The Kier molecular flexibility index (Phi) is 7.65. The van der Waals surface area contributed by atoms with Crippen LogP contribution in [0.1, 0.15) is 36.1 Å². The number of para-hydroxylation sites is 2. The van der Waals surface area contributed by atoms with Crippen molar-refractivity contribution < 1.29 is 28.6 Å². The van der Waals surface area contributed by atoms with Gasteiger partial charge in [0, 0.05) is 52.6 Å². The first-order valence-electron chi connectivity index (χ1n) is 16.3. The van der Waals surface area contributed by atoms with E-state index in [1.54, 1.807) is 18.2 Å². The molecule has 1 radical (unpaired) electrons. The predicted molar refractivity (Wildman–Crippen MR) is 182 cm³/mol. The molecule has 6 heteroatoms. The smallest absolute Gasteiger partial charge is 0.168 e. The van der Waals surface area contributed by atoms with Gasteiger partial charge in [0.2, 0.25) is 0 Å². The molecule has 0 atom stereocenters. The number of benzene rings is 4. The van der Waals surface area contributed by atoms with Gasteiger partial charge in [0.25, 0.3) is 0 Å². The van der Waals surface area contributed by atoms with Crippen molar-refractivity contribution in [3.8, 4) is 28.3 Å². The molecule has 4 aromatic carbocycles. The van der Waals surface area contributed by atoms with Gasteiger partial charge in [-0.15, -0.1) is 54.1 Å². The van der Waals surface area contributed by atoms with Crippen LogP contribution in [0, 0.1) is 19.0 Å². The normalized spacial score (nSPS) is 12.5. The Hall–Kier alpha value is -4.90.